The van der Waals surface area contributed by atoms with Crippen LogP contribution in [0.15, 0.2) is 43.0 Å². The molecule has 2 heterocycles. The highest BCUT2D eigenvalue weighted by molar-refractivity contribution is 5.87. The molecule has 0 aliphatic carbocycles. The van der Waals surface area contributed by atoms with E-state index < -0.39 is 11.9 Å². The van der Waals surface area contributed by atoms with E-state index in [1.807, 2.05) is 30.3 Å². The van der Waals surface area contributed by atoms with E-state index in [4.69, 9.17) is 5.73 Å². The Labute approximate surface area is 120 Å². The summed E-state index contributed by atoms with van der Waals surface area (Å²) in [5, 5.41) is 3.06. The summed E-state index contributed by atoms with van der Waals surface area (Å²) < 4.78 is 0. The van der Waals surface area contributed by atoms with Crippen LogP contribution in [0.2, 0.25) is 0 Å². The predicted molar refractivity (Wildman–Crippen MR) is 78.4 cm³/mol. The summed E-state index contributed by atoms with van der Waals surface area (Å²) in [4.78, 5) is 26.8. The van der Waals surface area contributed by atoms with Crippen LogP contribution >= 0.6 is 0 Å². The normalized spacial score (nSPS) is 12.2. The van der Waals surface area contributed by atoms with E-state index >= 15 is 0 Å². The highest BCUT2D eigenvalue weighted by atomic mass is 16.1. The van der Waals surface area contributed by atoms with Crippen LogP contribution < -0.4 is 11.1 Å². The first-order valence-corrected chi connectivity index (χ1v) is 6.48. The van der Waals surface area contributed by atoms with Crippen LogP contribution in [0.3, 0.4) is 0 Å². The molecule has 7 heteroatoms. The Morgan fingerprint density at radius 2 is 2.05 bits per heavy atom. The first-order valence-electron chi connectivity index (χ1n) is 6.48. The topological polar surface area (TPSA) is 110 Å². The van der Waals surface area contributed by atoms with E-state index in [9.17, 15) is 4.79 Å². The molecule has 4 N–H and O–H groups in total. The SMILES string of the molecule is NC(=O)C(Cc1ccccc1)Nc1ncnc2nc[nH]c12. The third-order valence-electron chi connectivity index (χ3n) is 3.16. The number of aromatic nitrogens is 4. The Balaban J connectivity index is 1.85. The quantitative estimate of drug-likeness (QED) is 0.643. The first-order chi connectivity index (χ1) is 10.2. The number of carbonyl (C=O) groups is 1. The van der Waals surface area contributed by atoms with Gasteiger partial charge >= 0.3 is 0 Å². The second-order valence-electron chi connectivity index (χ2n) is 4.61. The number of hydrogen-bond donors (Lipinski definition) is 3. The molecule has 2 aromatic heterocycles. The molecule has 0 aliphatic rings. The number of hydrogen-bond acceptors (Lipinski definition) is 5. The van der Waals surface area contributed by atoms with Gasteiger partial charge in [-0.15, -0.1) is 0 Å². The molecule has 0 saturated heterocycles. The lowest BCUT2D eigenvalue weighted by molar-refractivity contribution is -0.118. The zero-order valence-electron chi connectivity index (χ0n) is 11.2. The maximum Gasteiger partial charge on any atom is 0.240 e. The third kappa shape index (κ3) is 2.81. The van der Waals surface area contributed by atoms with Crippen LogP contribution in [0.4, 0.5) is 5.82 Å². The lowest BCUT2D eigenvalue weighted by atomic mass is 10.1. The molecule has 0 fully saturated rings. The molecule has 0 spiro atoms. The summed E-state index contributed by atoms with van der Waals surface area (Å²) >= 11 is 0. The second-order valence-corrected chi connectivity index (χ2v) is 4.61. The zero-order chi connectivity index (χ0) is 14.7. The van der Waals surface area contributed by atoms with Crippen LogP contribution in [-0.4, -0.2) is 31.9 Å². The van der Waals surface area contributed by atoms with Gasteiger partial charge in [-0.2, -0.15) is 0 Å². The number of anilines is 1. The summed E-state index contributed by atoms with van der Waals surface area (Å²) in [6.45, 7) is 0. The van der Waals surface area contributed by atoms with E-state index in [1.54, 1.807) is 0 Å². The van der Waals surface area contributed by atoms with Crippen LogP contribution in [0, 0.1) is 0 Å². The smallest absolute Gasteiger partial charge is 0.240 e. The maximum absolute atomic E-state index is 11.7. The minimum atomic E-state index is -0.561. The van der Waals surface area contributed by atoms with Crippen LogP contribution in [0.25, 0.3) is 11.2 Å². The van der Waals surface area contributed by atoms with Gasteiger partial charge in [0.25, 0.3) is 0 Å². The highest BCUT2D eigenvalue weighted by Gasteiger charge is 2.18. The number of imidazole rings is 1. The Morgan fingerprint density at radius 3 is 2.81 bits per heavy atom. The molecule has 3 aromatic rings. The molecule has 21 heavy (non-hydrogen) atoms. The van der Waals surface area contributed by atoms with Crippen molar-refractivity contribution in [1.82, 2.24) is 19.9 Å². The molecule has 0 bridgehead atoms. The molecule has 3 rings (SSSR count). The van der Waals surface area contributed by atoms with E-state index in [0.29, 0.717) is 23.4 Å². The predicted octanol–water partition coefficient (Wildman–Crippen LogP) is 0.861. The molecular formula is C14H14N6O. The number of fused-ring (bicyclic) bond motifs is 1. The summed E-state index contributed by atoms with van der Waals surface area (Å²) in [7, 11) is 0. The van der Waals surface area contributed by atoms with Crippen LogP contribution in [0.1, 0.15) is 5.56 Å². The van der Waals surface area contributed by atoms with Crippen molar-refractivity contribution in [3.8, 4) is 0 Å². The van der Waals surface area contributed by atoms with Crippen molar-refractivity contribution in [1.29, 1.82) is 0 Å². The summed E-state index contributed by atoms with van der Waals surface area (Å²) in [6.07, 6.45) is 3.41. The van der Waals surface area contributed by atoms with E-state index in [0.717, 1.165) is 5.56 Å². The minimum absolute atomic E-state index is 0.440. The van der Waals surface area contributed by atoms with Gasteiger partial charge in [-0.3, -0.25) is 4.79 Å². The van der Waals surface area contributed by atoms with Gasteiger partial charge in [-0.25, -0.2) is 15.0 Å². The number of aromatic amines is 1. The van der Waals surface area contributed by atoms with Crippen LogP contribution in [-0.2, 0) is 11.2 Å². The van der Waals surface area contributed by atoms with Gasteiger partial charge in [-0.05, 0) is 5.56 Å². The second kappa shape index (κ2) is 5.58. The average Bonchev–Trinajstić information content (AvgIpc) is 2.97. The Morgan fingerprint density at radius 1 is 1.24 bits per heavy atom. The standard InChI is InChI=1S/C14H14N6O/c15-12(21)10(6-9-4-2-1-3-5-9)20-14-11-13(17-7-16-11)18-8-19-14/h1-5,7-8,10H,6H2,(H2,15,21)(H2,16,17,18,19,20). The van der Waals surface area contributed by atoms with Crippen LogP contribution in [0.5, 0.6) is 0 Å². The Kier molecular flexibility index (Phi) is 3.46. The monoisotopic (exact) mass is 282 g/mol. The number of benzene rings is 1. The van der Waals surface area contributed by atoms with Gasteiger partial charge in [0.2, 0.25) is 5.91 Å². The number of carbonyl (C=O) groups excluding carboxylic acids is 1. The fourth-order valence-corrected chi connectivity index (χ4v) is 2.11. The largest absolute Gasteiger partial charge is 0.368 e. The highest BCUT2D eigenvalue weighted by Crippen LogP contribution is 2.16. The summed E-state index contributed by atoms with van der Waals surface area (Å²) in [6, 6.07) is 9.10. The molecular weight excluding hydrogens is 268 g/mol. The van der Waals surface area contributed by atoms with Crippen molar-refractivity contribution in [2.45, 2.75) is 12.5 Å². The fourth-order valence-electron chi connectivity index (χ4n) is 2.11. The van der Waals surface area contributed by atoms with Gasteiger partial charge in [0.1, 0.15) is 17.9 Å². The molecule has 1 atom stereocenters. The van der Waals surface area contributed by atoms with Crippen molar-refractivity contribution >= 4 is 22.9 Å². The number of nitrogens with zero attached hydrogens (tertiary/aromatic N) is 3. The Bertz CT molecular complexity index is 754. The number of nitrogens with two attached hydrogens (primary N) is 1. The number of nitrogens with one attached hydrogen (secondary N) is 2. The number of H-pyrrole nitrogens is 1. The molecule has 0 radical (unpaired) electrons. The van der Waals surface area contributed by atoms with Crippen molar-refractivity contribution in [3.05, 3.63) is 48.5 Å². The van der Waals surface area contributed by atoms with Crippen molar-refractivity contribution in [2.24, 2.45) is 5.73 Å². The molecule has 0 aliphatic heterocycles. The zero-order valence-corrected chi connectivity index (χ0v) is 11.2. The molecule has 106 valence electrons. The minimum Gasteiger partial charge on any atom is -0.368 e. The summed E-state index contributed by atoms with van der Waals surface area (Å²) in [5.41, 5.74) is 7.69. The first kappa shape index (κ1) is 13.0. The third-order valence-corrected chi connectivity index (χ3v) is 3.16. The molecule has 1 unspecified atom stereocenters. The van der Waals surface area contributed by atoms with E-state index in [-0.39, 0.29) is 0 Å². The van der Waals surface area contributed by atoms with Gasteiger partial charge in [0.15, 0.2) is 11.5 Å². The van der Waals surface area contributed by atoms with Gasteiger partial charge in [0, 0.05) is 6.42 Å². The lowest BCUT2D eigenvalue weighted by Gasteiger charge is -2.16. The lowest BCUT2D eigenvalue weighted by Crippen LogP contribution is -2.37. The van der Waals surface area contributed by atoms with Gasteiger partial charge in [-0.1, -0.05) is 30.3 Å². The average molecular weight is 282 g/mol. The molecule has 1 aromatic carbocycles. The summed E-state index contributed by atoms with van der Waals surface area (Å²) in [5.74, 6) is 0.0716. The van der Waals surface area contributed by atoms with Crippen molar-refractivity contribution in [2.75, 3.05) is 5.32 Å². The van der Waals surface area contributed by atoms with Gasteiger partial charge < -0.3 is 16.0 Å². The van der Waals surface area contributed by atoms with Crippen molar-refractivity contribution in [3.63, 3.8) is 0 Å². The molecule has 0 saturated carbocycles. The number of amides is 1. The molecule has 1 amide bonds. The van der Waals surface area contributed by atoms with Crippen molar-refractivity contribution < 1.29 is 4.79 Å². The van der Waals surface area contributed by atoms with Gasteiger partial charge in [0.05, 0.1) is 6.33 Å². The fraction of sp³-hybridized carbons (Fsp3) is 0.143. The maximum atomic E-state index is 11.7. The number of primary amides is 1. The van der Waals surface area contributed by atoms with E-state index in [2.05, 4.69) is 25.3 Å². The molecule has 7 nitrogen and oxygen atoms in total. The Hall–Kier alpha value is -2.96. The number of rotatable bonds is 5. The van der Waals surface area contributed by atoms with E-state index in [1.165, 1.54) is 12.7 Å².